The highest BCUT2D eigenvalue weighted by atomic mass is 16.4. The lowest BCUT2D eigenvalue weighted by molar-refractivity contribution is -0.138. The van der Waals surface area contributed by atoms with Crippen LogP contribution in [0.4, 0.5) is 0 Å². The van der Waals surface area contributed by atoms with Gasteiger partial charge in [-0.25, -0.2) is 0 Å². The molecule has 3 atom stereocenters. The van der Waals surface area contributed by atoms with Crippen LogP contribution in [0.5, 0.6) is 0 Å². The largest absolute Gasteiger partial charge is 0.480 e. The third-order valence-corrected chi connectivity index (χ3v) is 4.69. The third kappa shape index (κ3) is 15.6. The van der Waals surface area contributed by atoms with Gasteiger partial charge in [-0.3, -0.25) is 34.8 Å². The van der Waals surface area contributed by atoms with Gasteiger partial charge in [-0.05, 0) is 32.1 Å². The second-order valence-corrected chi connectivity index (χ2v) is 7.81. The Kier molecular flexibility index (Phi) is 15.3. The van der Waals surface area contributed by atoms with Crippen molar-refractivity contribution in [1.82, 2.24) is 26.6 Å². The minimum absolute atomic E-state index is 0.0522. The Morgan fingerprint density at radius 3 is 1.72 bits per heavy atom. The van der Waals surface area contributed by atoms with E-state index in [-0.39, 0.29) is 50.6 Å². The van der Waals surface area contributed by atoms with Crippen molar-refractivity contribution in [2.75, 3.05) is 19.6 Å². The lowest BCUT2D eigenvalue weighted by Crippen LogP contribution is -2.56. The number of nitrogens with one attached hydrogen (secondary N) is 7. The van der Waals surface area contributed by atoms with Crippen molar-refractivity contribution >= 4 is 41.5 Å². The summed E-state index contributed by atoms with van der Waals surface area (Å²) in [5, 5.41) is 35.2. The number of nitrogens with two attached hydrogens (primary N) is 4. The average Bonchev–Trinajstić information content (AvgIpc) is 2.78. The molecular formula is C19H37N11O6. The van der Waals surface area contributed by atoms with Crippen molar-refractivity contribution in [1.29, 1.82) is 10.8 Å². The molecule has 4 amide bonds. The first-order chi connectivity index (χ1) is 16.8. The molecule has 16 N–H and O–H groups in total. The van der Waals surface area contributed by atoms with Crippen molar-refractivity contribution in [3.05, 3.63) is 0 Å². The smallest absolute Gasteiger partial charge is 0.322 e. The molecule has 0 fully saturated rings. The Hall–Kier alpha value is -4.15. The van der Waals surface area contributed by atoms with E-state index >= 15 is 0 Å². The van der Waals surface area contributed by atoms with Crippen molar-refractivity contribution in [3.63, 3.8) is 0 Å². The number of carboxylic acid groups (broad SMARTS) is 1. The Bertz CT molecular complexity index is 807. The Labute approximate surface area is 207 Å². The predicted octanol–water partition coefficient (Wildman–Crippen LogP) is -4.72. The van der Waals surface area contributed by atoms with Crippen LogP contribution < -0.4 is 49.5 Å². The molecule has 0 aliphatic heterocycles. The molecule has 0 aromatic heterocycles. The molecule has 0 aliphatic carbocycles. The predicted molar refractivity (Wildman–Crippen MR) is 129 cm³/mol. The summed E-state index contributed by atoms with van der Waals surface area (Å²) in [6.45, 7) is -0.150. The molecule has 36 heavy (non-hydrogen) atoms. The van der Waals surface area contributed by atoms with E-state index in [0.29, 0.717) is 13.0 Å². The van der Waals surface area contributed by atoms with Gasteiger partial charge in [0.1, 0.15) is 18.6 Å². The first-order valence-corrected chi connectivity index (χ1v) is 11.1. The zero-order chi connectivity index (χ0) is 27.7. The van der Waals surface area contributed by atoms with E-state index < -0.39 is 54.3 Å². The fourth-order valence-electron chi connectivity index (χ4n) is 2.87. The molecule has 17 heteroatoms. The first kappa shape index (κ1) is 31.8. The van der Waals surface area contributed by atoms with Gasteiger partial charge in [0.2, 0.25) is 23.6 Å². The van der Waals surface area contributed by atoms with Crippen molar-refractivity contribution in [3.8, 4) is 0 Å². The summed E-state index contributed by atoms with van der Waals surface area (Å²) in [6.07, 6.45) is 0.542. The molecule has 0 aromatic carbocycles. The molecule has 0 aromatic rings. The molecule has 17 nitrogen and oxygen atoms in total. The van der Waals surface area contributed by atoms with Gasteiger partial charge in [0.15, 0.2) is 11.9 Å². The van der Waals surface area contributed by atoms with Gasteiger partial charge in [-0.1, -0.05) is 0 Å². The van der Waals surface area contributed by atoms with Crippen LogP contribution in [-0.2, 0) is 24.0 Å². The number of hydrogen-bond acceptors (Lipinski definition) is 8. The van der Waals surface area contributed by atoms with E-state index in [1.54, 1.807) is 0 Å². The zero-order valence-corrected chi connectivity index (χ0v) is 19.9. The number of amides is 4. The van der Waals surface area contributed by atoms with Crippen LogP contribution in [0.2, 0.25) is 0 Å². The molecule has 0 saturated carbocycles. The number of carboxylic acids is 1. The monoisotopic (exact) mass is 515 g/mol. The van der Waals surface area contributed by atoms with Crippen molar-refractivity contribution in [2.45, 2.75) is 56.7 Å². The lowest BCUT2D eigenvalue weighted by atomic mass is 10.1. The Balaban J connectivity index is 5.27. The zero-order valence-electron chi connectivity index (χ0n) is 19.9. The first-order valence-electron chi connectivity index (χ1n) is 11.1. The maximum atomic E-state index is 12.9. The van der Waals surface area contributed by atoms with Gasteiger partial charge in [0.25, 0.3) is 0 Å². The third-order valence-electron chi connectivity index (χ3n) is 4.69. The molecular weight excluding hydrogens is 478 g/mol. The van der Waals surface area contributed by atoms with Crippen LogP contribution in [0.1, 0.15) is 38.5 Å². The summed E-state index contributed by atoms with van der Waals surface area (Å²) in [5.41, 5.74) is 21.4. The molecule has 0 saturated heterocycles. The van der Waals surface area contributed by atoms with Crippen LogP contribution in [0.15, 0.2) is 0 Å². The Morgan fingerprint density at radius 2 is 1.22 bits per heavy atom. The molecule has 0 radical (unpaired) electrons. The van der Waals surface area contributed by atoms with Crippen LogP contribution >= 0.6 is 0 Å². The maximum Gasteiger partial charge on any atom is 0.322 e. The van der Waals surface area contributed by atoms with Gasteiger partial charge in [-0.2, -0.15) is 0 Å². The average molecular weight is 516 g/mol. The van der Waals surface area contributed by atoms with Gasteiger partial charge < -0.3 is 54.6 Å². The van der Waals surface area contributed by atoms with Crippen molar-refractivity contribution in [2.24, 2.45) is 22.9 Å². The fraction of sp³-hybridized carbons (Fsp3) is 0.632. The maximum absolute atomic E-state index is 12.9. The molecule has 0 unspecified atom stereocenters. The van der Waals surface area contributed by atoms with Crippen LogP contribution in [0.3, 0.4) is 0 Å². The number of carbonyl (C=O) groups excluding carboxylic acids is 4. The summed E-state index contributed by atoms with van der Waals surface area (Å²) < 4.78 is 0. The summed E-state index contributed by atoms with van der Waals surface area (Å²) in [4.78, 5) is 59.9. The van der Waals surface area contributed by atoms with Gasteiger partial charge >= 0.3 is 5.97 Å². The van der Waals surface area contributed by atoms with E-state index in [0.717, 1.165) is 0 Å². The molecule has 0 heterocycles. The topological polar surface area (TPSA) is 318 Å². The molecule has 0 bridgehead atoms. The minimum atomic E-state index is -1.29. The number of aliphatic carboxylic acids is 1. The summed E-state index contributed by atoms with van der Waals surface area (Å²) in [5.74, 6) is -4.77. The fourth-order valence-corrected chi connectivity index (χ4v) is 2.87. The number of primary amides is 1. The summed E-state index contributed by atoms with van der Waals surface area (Å²) >= 11 is 0. The van der Waals surface area contributed by atoms with Gasteiger partial charge in [0.05, 0.1) is 6.04 Å². The van der Waals surface area contributed by atoms with Crippen molar-refractivity contribution < 1.29 is 29.1 Å². The normalized spacial score (nSPS) is 12.8. The van der Waals surface area contributed by atoms with E-state index in [2.05, 4.69) is 26.6 Å². The lowest BCUT2D eigenvalue weighted by Gasteiger charge is -2.24. The Morgan fingerprint density at radius 1 is 0.722 bits per heavy atom. The second-order valence-electron chi connectivity index (χ2n) is 7.81. The van der Waals surface area contributed by atoms with Gasteiger partial charge in [0, 0.05) is 19.5 Å². The number of guanidine groups is 2. The highest BCUT2D eigenvalue weighted by molar-refractivity contribution is 5.94. The second kappa shape index (κ2) is 17.3. The number of hydrogen-bond donors (Lipinski definition) is 12. The van der Waals surface area contributed by atoms with Gasteiger partial charge in [-0.15, -0.1) is 0 Å². The molecule has 0 spiro atoms. The summed E-state index contributed by atoms with van der Waals surface area (Å²) in [7, 11) is 0. The quantitative estimate of drug-likeness (QED) is 0.0467. The number of carbonyl (C=O) groups is 5. The van der Waals surface area contributed by atoms with E-state index in [9.17, 15) is 24.0 Å². The SMILES string of the molecule is N=C(N)NCCC[C@H](NC(=O)[C@H](CCC(N)=O)NC(=O)[C@@H](N)CCCNC(=N)N)C(=O)NCC(=O)O. The standard InChI is InChI=1S/C19H37N11O6/c20-10(3-1-7-26-18(22)23)15(34)29-12(5-6-13(21)31)17(36)30-11(4-2-8-27-19(24)25)16(35)28-9-14(32)33/h10-12H,1-9,20H2,(H2,21,31)(H,28,35)(H,29,34)(H,30,36)(H,32,33)(H4,22,23,26)(H4,24,25,27)/t10-,11-,12-/m0/s1. The molecule has 0 rings (SSSR count). The number of rotatable bonds is 18. The van der Waals surface area contributed by atoms with Crippen LogP contribution in [0, 0.1) is 10.8 Å². The highest BCUT2D eigenvalue weighted by Crippen LogP contribution is 2.04. The van der Waals surface area contributed by atoms with Crippen LogP contribution in [0.25, 0.3) is 0 Å². The van der Waals surface area contributed by atoms with Crippen LogP contribution in [-0.4, -0.2) is 84.4 Å². The highest BCUT2D eigenvalue weighted by Gasteiger charge is 2.28. The summed E-state index contributed by atoms with van der Waals surface area (Å²) in [6, 6.07) is -3.43. The minimum Gasteiger partial charge on any atom is -0.480 e. The van der Waals surface area contributed by atoms with E-state index in [1.165, 1.54) is 0 Å². The molecule has 0 aliphatic rings. The van der Waals surface area contributed by atoms with E-state index in [1.807, 2.05) is 0 Å². The molecule has 204 valence electrons. The van der Waals surface area contributed by atoms with E-state index in [4.69, 9.17) is 38.9 Å².